The Kier molecular flexibility index (Phi) is 6.34. The summed E-state index contributed by atoms with van der Waals surface area (Å²) >= 11 is 0. The van der Waals surface area contributed by atoms with Gasteiger partial charge in [-0.25, -0.2) is 12.8 Å². The highest BCUT2D eigenvalue weighted by Gasteiger charge is 2.30. The Morgan fingerprint density at radius 2 is 1.80 bits per heavy atom. The number of ether oxygens (including phenoxy) is 2. The van der Waals surface area contributed by atoms with Gasteiger partial charge in [-0.3, -0.25) is 9.10 Å². The molecule has 5 rings (SSSR count). The van der Waals surface area contributed by atoms with E-state index in [1.807, 2.05) is 24.3 Å². The number of anilines is 1. The van der Waals surface area contributed by atoms with Crippen LogP contribution < -0.4 is 19.1 Å². The third-order valence-corrected chi connectivity index (χ3v) is 7.96. The number of aryl methyl sites for hydroxylation is 1. The number of nitrogens with one attached hydrogen (secondary N) is 1. The molecule has 1 amide bonds. The molecule has 182 valence electrons. The van der Waals surface area contributed by atoms with Crippen molar-refractivity contribution in [3.05, 3.63) is 83.7 Å². The van der Waals surface area contributed by atoms with E-state index in [0.29, 0.717) is 24.7 Å². The molecule has 3 aromatic carbocycles. The molecule has 0 fully saturated rings. The zero-order chi connectivity index (χ0) is 24.4. The van der Waals surface area contributed by atoms with Crippen molar-refractivity contribution in [1.82, 2.24) is 5.32 Å². The van der Waals surface area contributed by atoms with E-state index in [-0.39, 0.29) is 16.6 Å². The number of hydrogen-bond acceptors (Lipinski definition) is 5. The van der Waals surface area contributed by atoms with Gasteiger partial charge in [-0.05, 0) is 60.7 Å². The van der Waals surface area contributed by atoms with Gasteiger partial charge in [0, 0.05) is 6.07 Å². The highest BCUT2D eigenvalue weighted by Crippen LogP contribution is 2.34. The van der Waals surface area contributed by atoms with Crippen LogP contribution in [-0.4, -0.2) is 34.1 Å². The number of halogens is 1. The molecule has 1 N–H and O–H groups in total. The van der Waals surface area contributed by atoms with Crippen molar-refractivity contribution in [2.75, 3.05) is 24.1 Å². The molecule has 1 aliphatic heterocycles. The first-order valence-corrected chi connectivity index (χ1v) is 12.9. The van der Waals surface area contributed by atoms with Crippen molar-refractivity contribution in [2.45, 2.75) is 30.2 Å². The largest absolute Gasteiger partial charge is 0.486 e. The molecular formula is C26H25FN2O5S. The minimum atomic E-state index is -4.23. The molecule has 0 saturated carbocycles. The van der Waals surface area contributed by atoms with Crippen LogP contribution in [0.5, 0.6) is 11.5 Å². The molecule has 0 bridgehead atoms. The summed E-state index contributed by atoms with van der Waals surface area (Å²) in [6, 6.07) is 17.2. The second kappa shape index (κ2) is 9.58. The summed E-state index contributed by atoms with van der Waals surface area (Å²) < 4.78 is 53.4. The molecule has 0 radical (unpaired) electrons. The van der Waals surface area contributed by atoms with Crippen LogP contribution in [0.2, 0.25) is 0 Å². The van der Waals surface area contributed by atoms with Crippen molar-refractivity contribution in [3.8, 4) is 11.5 Å². The summed E-state index contributed by atoms with van der Waals surface area (Å²) in [5, 5.41) is 2.98. The summed E-state index contributed by atoms with van der Waals surface area (Å²) in [7, 11) is -4.23. The smallest absolute Gasteiger partial charge is 0.264 e. The van der Waals surface area contributed by atoms with Gasteiger partial charge in [0.05, 0.1) is 16.6 Å². The number of benzene rings is 3. The van der Waals surface area contributed by atoms with Gasteiger partial charge in [0.2, 0.25) is 5.91 Å². The fraction of sp³-hybridized carbons (Fsp3) is 0.269. The van der Waals surface area contributed by atoms with Crippen LogP contribution in [0.25, 0.3) is 0 Å². The first kappa shape index (κ1) is 23.2. The molecule has 0 spiro atoms. The predicted molar refractivity (Wildman–Crippen MR) is 129 cm³/mol. The van der Waals surface area contributed by atoms with Gasteiger partial charge in [-0.15, -0.1) is 0 Å². The predicted octanol–water partition coefficient (Wildman–Crippen LogP) is 3.99. The molecule has 1 aliphatic carbocycles. The maximum Gasteiger partial charge on any atom is 0.264 e. The Labute approximate surface area is 203 Å². The molecule has 35 heavy (non-hydrogen) atoms. The number of hydrogen-bond donors (Lipinski definition) is 1. The Bertz CT molecular complexity index is 1360. The fourth-order valence-corrected chi connectivity index (χ4v) is 5.96. The highest BCUT2D eigenvalue weighted by atomic mass is 32.2. The number of sulfonamides is 1. The Balaban J connectivity index is 1.45. The lowest BCUT2D eigenvalue weighted by molar-refractivity contribution is -0.120. The van der Waals surface area contributed by atoms with E-state index in [4.69, 9.17) is 9.47 Å². The van der Waals surface area contributed by atoms with Gasteiger partial charge >= 0.3 is 0 Å². The molecular weight excluding hydrogens is 471 g/mol. The van der Waals surface area contributed by atoms with E-state index in [2.05, 4.69) is 5.32 Å². The fourth-order valence-electron chi connectivity index (χ4n) is 4.53. The normalized spacial score (nSPS) is 16.8. The molecule has 2 aliphatic rings. The number of carbonyl (C=O) groups is 1. The number of carbonyl (C=O) groups excluding carboxylic acids is 1. The minimum Gasteiger partial charge on any atom is -0.486 e. The first-order valence-electron chi connectivity index (χ1n) is 11.5. The van der Waals surface area contributed by atoms with E-state index < -0.39 is 28.3 Å². The Morgan fingerprint density at radius 3 is 2.63 bits per heavy atom. The quantitative estimate of drug-likeness (QED) is 0.558. The van der Waals surface area contributed by atoms with E-state index in [0.717, 1.165) is 35.2 Å². The van der Waals surface area contributed by atoms with Crippen molar-refractivity contribution >= 4 is 21.6 Å². The summed E-state index contributed by atoms with van der Waals surface area (Å²) in [6.45, 7) is 0.174. The second-order valence-electron chi connectivity index (χ2n) is 8.51. The van der Waals surface area contributed by atoms with Crippen molar-refractivity contribution < 1.29 is 27.1 Å². The average Bonchev–Trinajstić information content (AvgIpc) is 2.87. The summed E-state index contributed by atoms with van der Waals surface area (Å²) in [4.78, 5) is 13.1. The minimum absolute atomic E-state index is 0.0547. The maximum absolute atomic E-state index is 14.1. The van der Waals surface area contributed by atoms with Gasteiger partial charge in [0.25, 0.3) is 10.0 Å². The highest BCUT2D eigenvalue weighted by molar-refractivity contribution is 7.92. The van der Waals surface area contributed by atoms with Crippen LogP contribution in [0.3, 0.4) is 0 Å². The monoisotopic (exact) mass is 496 g/mol. The van der Waals surface area contributed by atoms with Gasteiger partial charge < -0.3 is 14.8 Å². The molecule has 0 saturated heterocycles. The third kappa shape index (κ3) is 4.81. The molecule has 7 nitrogen and oxygen atoms in total. The lowest BCUT2D eigenvalue weighted by Gasteiger charge is -2.29. The summed E-state index contributed by atoms with van der Waals surface area (Å²) in [5.74, 6) is -0.329. The number of amides is 1. The molecule has 3 aromatic rings. The number of nitrogens with zero attached hydrogens (tertiary/aromatic N) is 1. The van der Waals surface area contributed by atoms with Crippen molar-refractivity contribution in [3.63, 3.8) is 0 Å². The molecule has 1 atom stereocenters. The van der Waals surface area contributed by atoms with Gasteiger partial charge in [-0.1, -0.05) is 30.3 Å². The zero-order valence-electron chi connectivity index (χ0n) is 18.9. The SMILES string of the molecule is O=C(CN(c1cccc(F)c1)S(=O)(=O)c1ccc2c(c1)OCCO2)NC1CCCc2ccccc21. The maximum atomic E-state index is 14.1. The van der Waals surface area contributed by atoms with Crippen molar-refractivity contribution in [2.24, 2.45) is 0 Å². The summed E-state index contributed by atoms with van der Waals surface area (Å²) in [6.07, 6.45) is 2.62. The van der Waals surface area contributed by atoms with Crippen LogP contribution in [0.15, 0.2) is 71.6 Å². The summed E-state index contributed by atoms with van der Waals surface area (Å²) in [5.41, 5.74) is 2.27. The van der Waals surface area contributed by atoms with Crippen LogP contribution >= 0.6 is 0 Å². The van der Waals surface area contributed by atoms with Gasteiger partial charge in [0.1, 0.15) is 25.6 Å². The van der Waals surface area contributed by atoms with Crippen LogP contribution in [0.4, 0.5) is 10.1 Å². The van der Waals surface area contributed by atoms with Gasteiger partial charge in [0.15, 0.2) is 11.5 Å². The van der Waals surface area contributed by atoms with Gasteiger partial charge in [-0.2, -0.15) is 0 Å². The standard InChI is InChI=1S/C26H25FN2O5S/c27-19-7-4-8-20(15-19)29(35(31,32)21-11-12-24-25(16-21)34-14-13-33-24)17-26(30)28-23-10-3-6-18-5-1-2-9-22(18)23/h1-2,4-5,7-9,11-12,15-16,23H,3,6,10,13-14,17H2,(H,28,30). The second-order valence-corrected chi connectivity index (χ2v) is 10.4. The number of fused-ring (bicyclic) bond motifs is 2. The third-order valence-electron chi connectivity index (χ3n) is 6.19. The zero-order valence-corrected chi connectivity index (χ0v) is 19.8. The first-order chi connectivity index (χ1) is 16.9. The van der Waals surface area contributed by atoms with Crippen LogP contribution in [-0.2, 0) is 21.2 Å². The Morgan fingerprint density at radius 1 is 1.00 bits per heavy atom. The molecule has 1 unspecified atom stereocenters. The average molecular weight is 497 g/mol. The van der Waals surface area contributed by atoms with E-state index >= 15 is 0 Å². The van der Waals surface area contributed by atoms with E-state index in [9.17, 15) is 17.6 Å². The number of rotatable bonds is 6. The lowest BCUT2D eigenvalue weighted by atomic mass is 9.88. The van der Waals surface area contributed by atoms with E-state index in [1.54, 1.807) is 0 Å². The molecule has 0 aromatic heterocycles. The Hall–Kier alpha value is -3.59. The molecule has 1 heterocycles. The van der Waals surface area contributed by atoms with E-state index in [1.165, 1.54) is 42.0 Å². The molecule has 9 heteroatoms. The van der Waals surface area contributed by atoms with Crippen molar-refractivity contribution in [1.29, 1.82) is 0 Å². The van der Waals surface area contributed by atoms with Crippen LogP contribution in [0, 0.1) is 5.82 Å². The lowest BCUT2D eigenvalue weighted by Crippen LogP contribution is -2.42. The topological polar surface area (TPSA) is 84.9 Å². The van der Waals surface area contributed by atoms with Crippen LogP contribution in [0.1, 0.15) is 30.0 Å².